The van der Waals surface area contributed by atoms with E-state index in [-0.39, 0.29) is 5.78 Å². The Morgan fingerprint density at radius 3 is 2.42 bits per heavy atom. The second-order valence-electron chi connectivity index (χ2n) is 4.60. The van der Waals surface area contributed by atoms with Gasteiger partial charge in [0.2, 0.25) is 0 Å². The SMILES string of the molecule is COC(=O)C1(C(=O)c2cc(Br)ccc2OC)CCC1. The third-order valence-electron chi connectivity index (χ3n) is 3.62. The average Bonchev–Trinajstić information content (AvgIpc) is 2.36. The Morgan fingerprint density at radius 2 is 1.95 bits per heavy atom. The Hall–Kier alpha value is -1.36. The zero-order valence-electron chi connectivity index (χ0n) is 10.9. The fourth-order valence-electron chi connectivity index (χ4n) is 2.37. The molecule has 0 atom stereocenters. The summed E-state index contributed by atoms with van der Waals surface area (Å²) in [6.45, 7) is 0. The van der Waals surface area contributed by atoms with Crippen molar-refractivity contribution in [2.45, 2.75) is 19.3 Å². The van der Waals surface area contributed by atoms with Gasteiger partial charge in [-0.2, -0.15) is 0 Å². The zero-order valence-corrected chi connectivity index (χ0v) is 12.5. The molecule has 0 spiro atoms. The van der Waals surface area contributed by atoms with E-state index in [1.807, 2.05) is 0 Å². The number of benzene rings is 1. The van der Waals surface area contributed by atoms with Crippen LogP contribution in [0.4, 0.5) is 0 Å². The van der Waals surface area contributed by atoms with Crippen molar-refractivity contribution < 1.29 is 19.1 Å². The standard InChI is InChI=1S/C14H15BrO4/c1-18-11-5-4-9(15)8-10(11)12(16)14(6-3-7-14)13(17)19-2/h4-5,8H,3,6-7H2,1-2H3. The highest BCUT2D eigenvalue weighted by atomic mass is 79.9. The van der Waals surface area contributed by atoms with Crippen LogP contribution in [0.5, 0.6) is 5.75 Å². The number of hydrogen-bond donors (Lipinski definition) is 0. The molecular weight excluding hydrogens is 312 g/mol. The molecule has 0 saturated heterocycles. The van der Waals surface area contributed by atoms with Crippen molar-refractivity contribution in [3.8, 4) is 5.75 Å². The van der Waals surface area contributed by atoms with Gasteiger partial charge in [0.05, 0.1) is 19.8 Å². The molecule has 1 aliphatic rings. The van der Waals surface area contributed by atoms with Crippen molar-refractivity contribution >= 4 is 27.7 Å². The monoisotopic (exact) mass is 326 g/mol. The van der Waals surface area contributed by atoms with Gasteiger partial charge in [0.15, 0.2) is 5.78 Å². The molecule has 4 nitrogen and oxygen atoms in total. The molecule has 1 saturated carbocycles. The van der Waals surface area contributed by atoms with Gasteiger partial charge in [0.25, 0.3) is 0 Å². The first-order valence-corrected chi connectivity index (χ1v) is 6.81. The van der Waals surface area contributed by atoms with Crippen LogP contribution in [0, 0.1) is 5.41 Å². The number of rotatable bonds is 4. The minimum Gasteiger partial charge on any atom is -0.496 e. The molecule has 2 rings (SSSR count). The number of ketones is 1. The highest BCUT2D eigenvalue weighted by Crippen LogP contribution is 2.46. The van der Waals surface area contributed by atoms with Gasteiger partial charge >= 0.3 is 5.97 Å². The predicted octanol–water partition coefficient (Wildman–Crippen LogP) is 2.98. The third-order valence-corrected chi connectivity index (χ3v) is 4.12. The maximum atomic E-state index is 12.7. The minimum atomic E-state index is -1.02. The molecule has 0 bridgehead atoms. The van der Waals surface area contributed by atoms with Crippen LogP contribution < -0.4 is 4.74 Å². The lowest BCUT2D eigenvalue weighted by Crippen LogP contribution is -2.46. The highest BCUT2D eigenvalue weighted by molar-refractivity contribution is 9.10. The second-order valence-corrected chi connectivity index (χ2v) is 5.52. The van der Waals surface area contributed by atoms with Crippen LogP contribution in [-0.4, -0.2) is 26.0 Å². The fourth-order valence-corrected chi connectivity index (χ4v) is 2.73. The Morgan fingerprint density at radius 1 is 1.26 bits per heavy atom. The predicted molar refractivity (Wildman–Crippen MR) is 73.3 cm³/mol. The average molecular weight is 327 g/mol. The summed E-state index contributed by atoms with van der Waals surface area (Å²) in [6, 6.07) is 5.19. The van der Waals surface area contributed by atoms with Crippen LogP contribution >= 0.6 is 15.9 Å². The van der Waals surface area contributed by atoms with Crippen molar-refractivity contribution in [2.75, 3.05) is 14.2 Å². The number of halogens is 1. The first kappa shape index (κ1) is 14.1. The summed E-state index contributed by atoms with van der Waals surface area (Å²) in [5, 5.41) is 0. The van der Waals surface area contributed by atoms with Crippen LogP contribution in [0.25, 0.3) is 0 Å². The van der Waals surface area contributed by atoms with E-state index in [0.717, 1.165) is 10.9 Å². The van der Waals surface area contributed by atoms with Gasteiger partial charge in [-0.1, -0.05) is 22.4 Å². The van der Waals surface area contributed by atoms with Crippen LogP contribution in [-0.2, 0) is 9.53 Å². The lowest BCUT2D eigenvalue weighted by Gasteiger charge is -2.37. The summed E-state index contributed by atoms with van der Waals surface area (Å²) in [6.07, 6.45) is 1.93. The van der Waals surface area contributed by atoms with E-state index in [0.29, 0.717) is 24.2 Å². The van der Waals surface area contributed by atoms with Crippen molar-refractivity contribution in [1.29, 1.82) is 0 Å². The van der Waals surface area contributed by atoms with Crippen molar-refractivity contribution in [3.05, 3.63) is 28.2 Å². The quantitative estimate of drug-likeness (QED) is 0.485. The van der Waals surface area contributed by atoms with Crippen LogP contribution in [0.2, 0.25) is 0 Å². The van der Waals surface area contributed by atoms with E-state index in [9.17, 15) is 9.59 Å². The first-order chi connectivity index (χ1) is 9.05. The molecule has 1 aromatic carbocycles. The van der Waals surface area contributed by atoms with Crippen LogP contribution in [0.1, 0.15) is 29.6 Å². The van der Waals surface area contributed by atoms with Gasteiger partial charge in [-0.05, 0) is 31.0 Å². The Balaban J connectivity index is 2.43. The summed E-state index contributed by atoms with van der Waals surface area (Å²) in [4.78, 5) is 24.6. The van der Waals surface area contributed by atoms with Crippen molar-refractivity contribution in [2.24, 2.45) is 5.41 Å². The van der Waals surface area contributed by atoms with Gasteiger partial charge in [-0.15, -0.1) is 0 Å². The number of esters is 1. The van der Waals surface area contributed by atoms with Gasteiger partial charge in [-0.3, -0.25) is 9.59 Å². The summed E-state index contributed by atoms with van der Waals surface area (Å²) in [5.41, 5.74) is -0.606. The molecule has 0 heterocycles. The number of methoxy groups -OCH3 is 2. The topological polar surface area (TPSA) is 52.6 Å². The maximum Gasteiger partial charge on any atom is 0.319 e. The van der Waals surface area contributed by atoms with Gasteiger partial charge < -0.3 is 9.47 Å². The molecule has 1 aliphatic carbocycles. The van der Waals surface area contributed by atoms with E-state index >= 15 is 0 Å². The smallest absolute Gasteiger partial charge is 0.319 e. The molecule has 102 valence electrons. The Labute approximate surface area is 120 Å². The number of carbonyl (C=O) groups excluding carboxylic acids is 2. The lowest BCUT2D eigenvalue weighted by molar-refractivity contribution is -0.153. The second kappa shape index (κ2) is 5.33. The maximum absolute atomic E-state index is 12.7. The molecule has 0 N–H and O–H groups in total. The number of ether oxygens (including phenoxy) is 2. The normalized spacial score (nSPS) is 16.4. The summed E-state index contributed by atoms with van der Waals surface area (Å²) < 4.78 is 10.8. The van der Waals surface area contributed by atoms with Gasteiger partial charge in [-0.25, -0.2) is 0 Å². The van der Waals surface area contributed by atoms with E-state index < -0.39 is 11.4 Å². The van der Waals surface area contributed by atoms with E-state index in [1.165, 1.54) is 14.2 Å². The van der Waals surface area contributed by atoms with E-state index in [2.05, 4.69) is 15.9 Å². The molecule has 0 amide bonds. The Kier molecular flexibility index (Phi) is 3.94. The number of hydrogen-bond acceptors (Lipinski definition) is 4. The summed E-state index contributed by atoms with van der Waals surface area (Å²) in [7, 11) is 2.82. The fraction of sp³-hybridized carbons (Fsp3) is 0.429. The Bertz CT molecular complexity index is 520. The van der Waals surface area contributed by atoms with E-state index in [1.54, 1.807) is 18.2 Å². The number of carbonyl (C=O) groups is 2. The molecule has 0 radical (unpaired) electrons. The minimum absolute atomic E-state index is 0.219. The summed E-state index contributed by atoms with van der Waals surface area (Å²) in [5.74, 6) is -0.196. The van der Waals surface area contributed by atoms with Crippen molar-refractivity contribution in [1.82, 2.24) is 0 Å². The van der Waals surface area contributed by atoms with Gasteiger partial charge in [0, 0.05) is 4.47 Å². The largest absolute Gasteiger partial charge is 0.496 e. The molecule has 5 heteroatoms. The summed E-state index contributed by atoms with van der Waals surface area (Å²) >= 11 is 3.33. The van der Waals surface area contributed by atoms with Crippen molar-refractivity contribution in [3.63, 3.8) is 0 Å². The molecule has 0 aliphatic heterocycles. The van der Waals surface area contributed by atoms with E-state index in [4.69, 9.17) is 9.47 Å². The molecular formula is C14H15BrO4. The first-order valence-electron chi connectivity index (χ1n) is 6.02. The number of Topliss-reactive ketones (excluding diaryl/α,β-unsaturated/α-hetero) is 1. The molecule has 1 fully saturated rings. The lowest BCUT2D eigenvalue weighted by atomic mass is 9.64. The molecule has 0 unspecified atom stereocenters. The molecule has 1 aromatic rings. The zero-order chi connectivity index (χ0) is 14.0. The van der Waals surface area contributed by atoms with Crippen LogP contribution in [0.3, 0.4) is 0 Å². The third kappa shape index (κ3) is 2.27. The van der Waals surface area contributed by atoms with Crippen LogP contribution in [0.15, 0.2) is 22.7 Å². The molecule has 0 aromatic heterocycles. The van der Waals surface area contributed by atoms with Gasteiger partial charge in [0.1, 0.15) is 11.2 Å². The highest BCUT2D eigenvalue weighted by Gasteiger charge is 2.52. The molecule has 19 heavy (non-hydrogen) atoms.